The molecule has 2 bridgehead atoms. The molecule has 6 rings (SSSR count). The van der Waals surface area contributed by atoms with Crippen molar-refractivity contribution in [3.05, 3.63) is 53.2 Å². The number of nitrogens with zero attached hydrogens (tertiary/aromatic N) is 4. The van der Waals surface area contributed by atoms with Crippen molar-refractivity contribution < 1.29 is 4.74 Å². The van der Waals surface area contributed by atoms with E-state index in [1.165, 1.54) is 40.4 Å². The zero-order chi connectivity index (χ0) is 20.9. The van der Waals surface area contributed by atoms with Crippen molar-refractivity contribution in [2.24, 2.45) is 0 Å². The van der Waals surface area contributed by atoms with Gasteiger partial charge in [0.2, 0.25) is 0 Å². The zero-order valence-corrected chi connectivity index (χ0v) is 18.3. The Bertz CT molecular complexity index is 1130. The predicted octanol–water partition coefficient (Wildman–Crippen LogP) is 3.45. The van der Waals surface area contributed by atoms with Crippen molar-refractivity contribution in [1.29, 1.82) is 0 Å². The molecule has 0 saturated carbocycles. The maximum atomic E-state index is 5.52. The number of fused-ring (bicyclic) bond motifs is 4. The minimum absolute atomic E-state index is 0.482. The molecular formula is C25H29N5O. The first kappa shape index (κ1) is 18.9. The van der Waals surface area contributed by atoms with Gasteiger partial charge in [-0.05, 0) is 43.7 Å². The van der Waals surface area contributed by atoms with Gasteiger partial charge >= 0.3 is 6.01 Å². The van der Waals surface area contributed by atoms with E-state index >= 15 is 0 Å². The average Bonchev–Trinajstić information content (AvgIpc) is 3.14. The highest BCUT2D eigenvalue weighted by atomic mass is 16.5. The Kier molecular flexibility index (Phi) is 4.49. The molecule has 0 radical (unpaired) electrons. The number of methoxy groups -OCH3 is 1. The highest BCUT2D eigenvalue weighted by molar-refractivity contribution is 5.94. The minimum Gasteiger partial charge on any atom is -0.467 e. The van der Waals surface area contributed by atoms with Gasteiger partial charge in [-0.2, -0.15) is 9.97 Å². The van der Waals surface area contributed by atoms with Gasteiger partial charge in [-0.3, -0.25) is 0 Å². The van der Waals surface area contributed by atoms with Gasteiger partial charge in [0.15, 0.2) is 0 Å². The SMILES string of the molecule is COc1nc2c(c(N3CC4CCC(C3)N4)n1)CCN(c1cccc3ccc(C)cc13)C2. The van der Waals surface area contributed by atoms with Crippen LogP contribution in [-0.2, 0) is 13.0 Å². The molecule has 0 spiro atoms. The summed E-state index contributed by atoms with van der Waals surface area (Å²) in [4.78, 5) is 14.6. The average molecular weight is 416 g/mol. The fraction of sp³-hybridized carbons (Fsp3) is 0.440. The van der Waals surface area contributed by atoms with E-state index in [9.17, 15) is 0 Å². The van der Waals surface area contributed by atoms with Crippen LogP contribution >= 0.6 is 0 Å². The summed E-state index contributed by atoms with van der Waals surface area (Å²) in [6.07, 6.45) is 3.48. The van der Waals surface area contributed by atoms with Crippen LogP contribution in [-0.4, -0.2) is 48.8 Å². The summed E-state index contributed by atoms with van der Waals surface area (Å²) in [6.45, 7) is 5.96. The molecule has 2 aromatic carbocycles. The molecule has 160 valence electrons. The van der Waals surface area contributed by atoms with E-state index < -0.39 is 0 Å². The molecule has 2 saturated heterocycles. The quantitative estimate of drug-likeness (QED) is 0.707. The molecule has 1 N–H and O–H groups in total. The summed E-state index contributed by atoms with van der Waals surface area (Å²) < 4.78 is 5.52. The Morgan fingerprint density at radius 2 is 1.87 bits per heavy atom. The third-order valence-electron chi connectivity index (χ3n) is 7.08. The summed E-state index contributed by atoms with van der Waals surface area (Å²) in [6, 6.07) is 14.9. The first-order valence-corrected chi connectivity index (χ1v) is 11.4. The van der Waals surface area contributed by atoms with Crippen LogP contribution in [0.15, 0.2) is 36.4 Å². The molecule has 2 fully saturated rings. The Balaban J connectivity index is 1.37. The lowest BCUT2D eigenvalue weighted by Crippen LogP contribution is -2.52. The summed E-state index contributed by atoms with van der Waals surface area (Å²) >= 11 is 0. The van der Waals surface area contributed by atoms with E-state index in [0.717, 1.165) is 44.1 Å². The molecule has 2 atom stereocenters. The van der Waals surface area contributed by atoms with Gasteiger partial charge in [0.05, 0.1) is 19.3 Å². The normalized spacial score (nSPS) is 22.6. The lowest BCUT2D eigenvalue weighted by atomic mass is 10.0. The van der Waals surface area contributed by atoms with Crippen LogP contribution in [0.25, 0.3) is 10.8 Å². The van der Waals surface area contributed by atoms with Gasteiger partial charge in [0.25, 0.3) is 0 Å². The zero-order valence-electron chi connectivity index (χ0n) is 18.3. The number of aromatic nitrogens is 2. The molecule has 6 heteroatoms. The second-order valence-corrected chi connectivity index (χ2v) is 9.18. The van der Waals surface area contributed by atoms with Gasteiger partial charge in [-0.25, -0.2) is 0 Å². The van der Waals surface area contributed by atoms with E-state index in [0.29, 0.717) is 18.1 Å². The summed E-state index contributed by atoms with van der Waals surface area (Å²) in [7, 11) is 1.67. The van der Waals surface area contributed by atoms with Crippen LogP contribution < -0.4 is 19.9 Å². The number of aryl methyl sites for hydroxylation is 1. The summed E-state index contributed by atoms with van der Waals surface area (Å²) in [5, 5.41) is 6.32. The molecule has 1 aromatic heterocycles. The number of hydrogen-bond acceptors (Lipinski definition) is 6. The third-order valence-corrected chi connectivity index (χ3v) is 7.08. The molecule has 0 aliphatic carbocycles. The molecule has 31 heavy (non-hydrogen) atoms. The second-order valence-electron chi connectivity index (χ2n) is 9.18. The van der Waals surface area contributed by atoms with E-state index in [-0.39, 0.29) is 0 Å². The topological polar surface area (TPSA) is 53.5 Å². The van der Waals surface area contributed by atoms with E-state index in [1.54, 1.807) is 7.11 Å². The van der Waals surface area contributed by atoms with Crippen LogP contribution in [0.3, 0.4) is 0 Å². The highest BCUT2D eigenvalue weighted by Gasteiger charge is 2.35. The van der Waals surface area contributed by atoms with Crippen molar-refractivity contribution in [1.82, 2.24) is 15.3 Å². The Morgan fingerprint density at radius 1 is 1.03 bits per heavy atom. The number of benzene rings is 2. The molecule has 3 aromatic rings. The van der Waals surface area contributed by atoms with Crippen molar-refractivity contribution in [2.45, 2.75) is 44.8 Å². The first-order chi connectivity index (χ1) is 15.2. The largest absolute Gasteiger partial charge is 0.467 e. The number of nitrogens with one attached hydrogen (secondary N) is 1. The lowest BCUT2D eigenvalue weighted by molar-refractivity contribution is 0.374. The van der Waals surface area contributed by atoms with E-state index in [4.69, 9.17) is 14.7 Å². The van der Waals surface area contributed by atoms with Crippen molar-refractivity contribution in [3.8, 4) is 6.01 Å². The van der Waals surface area contributed by atoms with Crippen molar-refractivity contribution in [2.75, 3.05) is 36.5 Å². The molecule has 6 nitrogen and oxygen atoms in total. The number of rotatable bonds is 3. The fourth-order valence-corrected chi connectivity index (χ4v) is 5.56. The Morgan fingerprint density at radius 3 is 2.68 bits per heavy atom. The fourth-order valence-electron chi connectivity index (χ4n) is 5.56. The molecule has 4 heterocycles. The van der Waals surface area contributed by atoms with Crippen LogP contribution in [0.2, 0.25) is 0 Å². The predicted molar refractivity (Wildman–Crippen MR) is 124 cm³/mol. The van der Waals surface area contributed by atoms with Crippen molar-refractivity contribution >= 4 is 22.3 Å². The van der Waals surface area contributed by atoms with Gasteiger partial charge in [0, 0.05) is 48.4 Å². The highest BCUT2D eigenvalue weighted by Crippen LogP contribution is 2.35. The summed E-state index contributed by atoms with van der Waals surface area (Å²) in [5.41, 5.74) is 4.97. The lowest BCUT2D eigenvalue weighted by Gasteiger charge is -2.37. The van der Waals surface area contributed by atoms with Crippen LogP contribution in [0.5, 0.6) is 6.01 Å². The van der Waals surface area contributed by atoms with Crippen LogP contribution in [0, 0.1) is 6.92 Å². The molecule has 2 unspecified atom stereocenters. The smallest absolute Gasteiger partial charge is 0.318 e. The monoisotopic (exact) mass is 415 g/mol. The molecular weight excluding hydrogens is 386 g/mol. The first-order valence-electron chi connectivity index (χ1n) is 11.4. The van der Waals surface area contributed by atoms with Gasteiger partial charge < -0.3 is 19.9 Å². The second kappa shape index (κ2) is 7.38. The maximum absolute atomic E-state index is 5.52. The maximum Gasteiger partial charge on any atom is 0.318 e. The number of hydrogen-bond donors (Lipinski definition) is 1. The molecule has 3 aliphatic rings. The number of piperazine rings is 1. The van der Waals surface area contributed by atoms with E-state index in [2.05, 4.69) is 58.4 Å². The molecule has 3 aliphatic heterocycles. The van der Waals surface area contributed by atoms with Crippen molar-refractivity contribution in [3.63, 3.8) is 0 Å². The Hall–Kier alpha value is -2.86. The summed E-state index contributed by atoms with van der Waals surface area (Å²) in [5.74, 6) is 1.09. The third kappa shape index (κ3) is 3.30. The van der Waals surface area contributed by atoms with E-state index in [1.807, 2.05) is 0 Å². The number of ether oxygens (including phenoxy) is 1. The standard InChI is InChI=1S/C25H29N5O/c1-16-6-7-17-4-3-5-23(21(17)12-16)29-11-10-20-22(15-29)27-25(31-2)28-24(20)30-13-18-8-9-19(14-30)26-18/h3-7,12,18-19,26H,8-11,13-15H2,1-2H3. The van der Waals surface area contributed by atoms with Gasteiger partial charge in [-0.1, -0.05) is 29.8 Å². The minimum atomic E-state index is 0.482. The van der Waals surface area contributed by atoms with Gasteiger partial charge in [-0.15, -0.1) is 0 Å². The Labute approximate surface area is 183 Å². The molecule has 0 amide bonds. The van der Waals surface area contributed by atoms with Crippen LogP contribution in [0.4, 0.5) is 11.5 Å². The number of anilines is 2. The van der Waals surface area contributed by atoms with Crippen LogP contribution in [0.1, 0.15) is 29.7 Å². The van der Waals surface area contributed by atoms with Gasteiger partial charge in [0.1, 0.15) is 5.82 Å².